The van der Waals surface area contributed by atoms with Crippen LogP contribution >= 0.6 is 0 Å². The van der Waals surface area contributed by atoms with E-state index in [1.807, 2.05) is 32.3 Å². The molecule has 1 aliphatic heterocycles. The fourth-order valence-electron chi connectivity index (χ4n) is 5.80. The van der Waals surface area contributed by atoms with Crippen LogP contribution in [0.2, 0.25) is 0 Å². The molecule has 40 heavy (non-hydrogen) atoms. The molecule has 0 spiro atoms. The van der Waals surface area contributed by atoms with Crippen molar-refractivity contribution in [2.75, 3.05) is 4.90 Å². The fraction of sp³-hybridized carbons (Fsp3) is 0.300. The summed E-state index contributed by atoms with van der Waals surface area (Å²) in [5.74, 6) is 0.591. The SMILES string of the molecule is Cc1ccc(S(=O)(=O)n2cc(-c3cc(=O)n4c(n3)N(C(C)C)C(C)(C)C4)c3cc(-c4cnn(C)c4)ccc32)cc1. The van der Waals surface area contributed by atoms with Crippen molar-refractivity contribution in [1.82, 2.24) is 23.3 Å². The molecule has 0 radical (unpaired) electrons. The van der Waals surface area contributed by atoms with Crippen molar-refractivity contribution < 1.29 is 8.42 Å². The van der Waals surface area contributed by atoms with Crippen molar-refractivity contribution >= 4 is 26.9 Å². The van der Waals surface area contributed by atoms with Gasteiger partial charge in [-0.15, -0.1) is 0 Å². The normalized spacial score (nSPS) is 14.8. The highest BCUT2D eigenvalue weighted by atomic mass is 32.2. The van der Waals surface area contributed by atoms with E-state index in [-0.39, 0.29) is 22.0 Å². The Kier molecular flexibility index (Phi) is 5.81. The molecular weight excluding hydrogens is 524 g/mol. The van der Waals surface area contributed by atoms with Crippen LogP contribution in [0.4, 0.5) is 5.95 Å². The molecule has 0 N–H and O–H groups in total. The zero-order chi connectivity index (χ0) is 28.6. The lowest BCUT2D eigenvalue weighted by Gasteiger charge is -2.35. The van der Waals surface area contributed by atoms with Crippen molar-refractivity contribution in [2.24, 2.45) is 7.05 Å². The minimum atomic E-state index is -3.93. The molecule has 0 saturated heterocycles. The highest BCUT2D eigenvalue weighted by molar-refractivity contribution is 7.90. The highest BCUT2D eigenvalue weighted by Gasteiger charge is 2.40. The van der Waals surface area contributed by atoms with Crippen LogP contribution in [0.15, 0.2) is 76.8 Å². The zero-order valence-electron chi connectivity index (χ0n) is 23.5. The van der Waals surface area contributed by atoms with Gasteiger partial charge in [0.1, 0.15) is 0 Å². The maximum atomic E-state index is 13.9. The minimum Gasteiger partial charge on any atom is -0.333 e. The number of anilines is 1. The highest BCUT2D eigenvalue weighted by Crippen LogP contribution is 2.38. The molecule has 0 bridgehead atoms. The van der Waals surface area contributed by atoms with Gasteiger partial charge in [-0.1, -0.05) is 23.8 Å². The van der Waals surface area contributed by atoms with Gasteiger partial charge < -0.3 is 4.90 Å². The van der Waals surface area contributed by atoms with Gasteiger partial charge in [0.2, 0.25) is 5.95 Å². The summed E-state index contributed by atoms with van der Waals surface area (Å²) in [6, 6.07) is 14.1. The smallest absolute Gasteiger partial charge is 0.268 e. The maximum Gasteiger partial charge on any atom is 0.268 e. The second-order valence-electron chi connectivity index (χ2n) is 11.4. The van der Waals surface area contributed by atoms with Gasteiger partial charge in [-0.05, 0) is 64.4 Å². The number of hydrogen-bond acceptors (Lipinski definition) is 6. The third-order valence-electron chi connectivity index (χ3n) is 7.58. The first-order valence-electron chi connectivity index (χ1n) is 13.2. The lowest BCUT2D eigenvalue weighted by Crippen LogP contribution is -2.45. The molecule has 10 heteroatoms. The Bertz CT molecular complexity index is 1950. The number of aromatic nitrogens is 5. The van der Waals surface area contributed by atoms with Crippen molar-refractivity contribution in [3.8, 4) is 22.4 Å². The number of benzene rings is 2. The molecule has 0 amide bonds. The van der Waals surface area contributed by atoms with Crippen molar-refractivity contribution in [3.05, 3.63) is 83.0 Å². The van der Waals surface area contributed by atoms with Crippen LogP contribution in [0.25, 0.3) is 33.3 Å². The van der Waals surface area contributed by atoms with Crippen LogP contribution in [-0.2, 0) is 23.6 Å². The van der Waals surface area contributed by atoms with E-state index in [1.54, 1.807) is 52.0 Å². The largest absolute Gasteiger partial charge is 0.333 e. The first kappa shape index (κ1) is 26.1. The van der Waals surface area contributed by atoms with Crippen molar-refractivity contribution in [2.45, 2.75) is 57.6 Å². The Hall–Kier alpha value is -4.18. The maximum absolute atomic E-state index is 13.9. The Labute approximate surface area is 233 Å². The molecule has 0 atom stereocenters. The molecule has 0 saturated carbocycles. The first-order valence-corrected chi connectivity index (χ1v) is 14.7. The summed E-state index contributed by atoms with van der Waals surface area (Å²) in [5, 5.41) is 4.97. The van der Waals surface area contributed by atoms with Crippen LogP contribution in [0, 0.1) is 6.92 Å². The summed E-state index contributed by atoms with van der Waals surface area (Å²) in [6.45, 7) is 10.8. The first-order chi connectivity index (χ1) is 18.9. The van der Waals surface area contributed by atoms with E-state index in [0.29, 0.717) is 34.7 Å². The molecule has 2 aromatic carbocycles. The minimum absolute atomic E-state index is 0.117. The summed E-state index contributed by atoms with van der Waals surface area (Å²) in [4.78, 5) is 20.7. The zero-order valence-corrected chi connectivity index (χ0v) is 24.3. The Morgan fingerprint density at radius 1 is 0.975 bits per heavy atom. The molecule has 4 heterocycles. The molecule has 1 aliphatic rings. The average Bonchev–Trinajstić information content (AvgIpc) is 3.56. The van der Waals surface area contributed by atoms with Crippen molar-refractivity contribution in [1.29, 1.82) is 0 Å². The third-order valence-corrected chi connectivity index (χ3v) is 9.27. The number of fused-ring (bicyclic) bond motifs is 2. The van der Waals surface area contributed by atoms with Crippen LogP contribution in [0.3, 0.4) is 0 Å². The summed E-state index contributed by atoms with van der Waals surface area (Å²) < 4.78 is 32.5. The predicted molar refractivity (Wildman–Crippen MR) is 157 cm³/mol. The van der Waals surface area contributed by atoms with Gasteiger partial charge in [0.05, 0.1) is 34.4 Å². The molecule has 3 aromatic heterocycles. The third kappa shape index (κ3) is 4.05. The summed E-state index contributed by atoms with van der Waals surface area (Å²) >= 11 is 0. The van der Waals surface area contributed by atoms with E-state index in [4.69, 9.17) is 4.98 Å². The number of aryl methyl sites for hydroxylation is 2. The summed E-state index contributed by atoms with van der Waals surface area (Å²) in [7, 11) is -2.08. The Morgan fingerprint density at radius 2 is 1.70 bits per heavy atom. The topological polar surface area (TPSA) is 95.0 Å². The molecular formula is C30H32N6O3S. The predicted octanol–water partition coefficient (Wildman–Crippen LogP) is 4.82. The number of rotatable bonds is 5. The lowest BCUT2D eigenvalue weighted by molar-refractivity contribution is 0.425. The summed E-state index contributed by atoms with van der Waals surface area (Å²) in [6.07, 6.45) is 5.26. The van der Waals surface area contributed by atoms with E-state index < -0.39 is 10.0 Å². The van der Waals surface area contributed by atoms with E-state index in [0.717, 1.165) is 16.7 Å². The van der Waals surface area contributed by atoms with Crippen LogP contribution in [-0.4, -0.2) is 43.3 Å². The molecule has 0 aliphatic carbocycles. The standard InChI is InChI=1S/C30H32N6O3S/c1-19(2)36-29-32-26(14-28(37)34(29)18-30(36,4)5)25-17-35(40(38,39)23-10-7-20(3)8-11-23)27-12-9-21(13-24(25)27)22-15-31-33(6)16-22/h7-17,19H,18H2,1-6H3. The Balaban J connectivity index is 1.62. The summed E-state index contributed by atoms with van der Waals surface area (Å²) in [5.41, 5.74) is 3.82. The van der Waals surface area contributed by atoms with Gasteiger partial charge in [0.25, 0.3) is 15.6 Å². The molecule has 9 nitrogen and oxygen atoms in total. The van der Waals surface area contributed by atoms with Gasteiger partial charge in [-0.3, -0.25) is 14.0 Å². The van der Waals surface area contributed by atoms with Gasteiger partial charge in [0, 0.05) is 48.1 Å². The van der Waals surface area contributed by atoms with Crippen LogP contribution < -0.4 is 10.5 Å². The fourth-order valence-corrected chi connectivity index (χ4v) is 7.17. The second-order valence-corrected chi connectivity index (χ2v) is 13.2. The lowest BCUT2D eigenvalue weighted by atomic mass is 10.0. The van der Waals surface area contributed by atoms with Crippen molar-refractivity contribution in [3.63, 3.8) is 0 Å². The quantitative estimate of drug-likeness (QED) is 0.308. The number of nitrogens with zero attached hydrogens (tertiary/aromatic N) is 6. The number of hydrogen-bond donors (Lipinski definition) is 0. The average molecular weight is 557 g/mol. The molecule has 206 valence electrons. The van der Waals surface area contributed by atoms with Crippen LogP contribution in [0.1, 0.15) is 33.3 Å². The molecule has 5 aromatic rings. The van der Waals surface area contributed by atoms with E-state index in [9.17, 15) is 13.2 Å². The van der Waals surface area contributed by atoms with Gasteiger partial charge >= 0.3 is 0 Å². The second kappa shape index (κ2) is 8.92. The molecule has 0 unspecified atom stereocenters. The van der Waals surface area contributed by atoms with E-state index >= 15 is 0 Å². The Morgan fingerprint density at radius 3 is 2.35 bits per heavy atom. The van der Waals surface area contributed by atoms with Gasteiger partial charge in [-0.2, -0.15) is 5.10 Å². The molecule has 6 rings (SSSR count). The molecule has 0 fully saturated rings. The van der Waals surface area contributed by atoms with Gasteiger partial charge in [0.15, 0.2) is 0 Å². The van der Waals surface area contributed by atoms with E-state index in [2.05, 4.69) is 37.7 Å². The van der Waals surface area contributed by atoms with Crippen LogP contribution in [0.5, 0.6) is 0 Å². The van der Waals surface area contributed by atoms with E-state index in [1.165, 1.54) is 10.0 Å². The van der Waals surface area contributed by atoms with Gasteiger partial charge in [-0.25, -0.2) is 17.4 Å². The monoisotopic (exact) mass is 556 g/mol.